The van der Waals surface area contributed by atoms with E-state index in [2.05, 4.69) is 78.0 Å². The number of nitrogens with zero attached hydrogens (tertiary/aromatic N) is 3. The quantitative estimate of drug-likeness (QED) is 0.0797. The number of amides is 2. The number of likely N-dealkylation sites (tertiary alicyclic amines) is 1. The van der Waals surface area contributed by atoms with Gasteiger partial charge in [0.2, 0.25) is 15.9 Å². The molecule has 2 heterocycles. The highest BCUT2D eigenvalue weighted by Gasteiger charge is 2.28. The largest absolute Gasteiger partial charge is 0.381 e. The molecule has 5 aromatic carbocycles. The summed E-state index contributed by atoms with van der Waals surface area (Å²) in [6.07, 6.45) is 2.93. The van der Waals surface area contributed by atoms with E-state index in [9.17, 15) is 26.4 Å². The lowest BCUT2D eigenvalue weighted by Crippen LogP contribution is -2.46. The van der Waals surface area contributed by atoms with Crippen LogP contribution in [-0.2, 0) is 31.4 Å². The average molecular weight is 944 g/mol. The Morgan fingerprint density at radius 1 is 0.766 bits per heavy atom. The van der Waals surface area contributed by atoms with Crippen LogP contribution in [0.4, 0.5) is 11.4 Å². The molecule has 0 unspecified atom stereocenters. The Bertz CT molecular complexity index is 2600. The SMILES string of the molecule is Cc1cc(S(=O)(=O)NC(=O)c2ccc(N3CCN(Cc4ccccc4-c4ccc(Cl)cc4)CC3)cc2)ccc1N[C@H](CCN1CCC(C(=O)NS(C)(=O)=O)CC1)CSc1ccccc1. The summed E-state index contributed by atoms with van der Waals surface area (Å²) >= 11 is 7.86. The second kappa shape index (κ2) is 21.4. The predicted molar refractivity (Wildman–Crippen MR) is 258 cm³/mol. The molecular formula is C48H55ClN6O6S3. The van der Waals surface area contributed by atoms with Gasteiger partial charge in [0.05, 0.1) is 11.2 Å². The molecular weight excluding hydrogens is 888 g/mol. The van der Waals surface area contributed by atoms with Crippen LogP contribution in [-0.4, -0.2) is 102 Å². The molecule has 2 aliphatic heterocycles. The molecule has 0 bridgehead atoms. The molecule has 7 rings (SSSR count). The summed E-state index contributed by atoms with van der Waals surface area (Å²) in [6.45, 7) is 8.18. The van der Waals surface area contributed by atoms with Crippen LogP contribution >= 0.6 is 23.4 Å². The number of carbonyl (C=O) groups is 2. The molecule has 1 atom stereocenters. The topological polar surface area (TPSA) is 148 Å². The third-order valence-corrected chi connectivity index (χ3v) is 15.1. The lowest BCUT2D eigenvalue weighted by atomic mass is 9.96. The minimum Gasteiger partial charge on any atom is -0.381 e. The number of halogens is 1. The fourth-order valence-electron chi connectivity index (χ4n) is 8.16. The number of thioether (sulfide) groups is 1. The van der Waals surface area contributed by atoms with Crippen molar-refractivity contribution >= 4 is 66.6 Å². The lowest BCUT2D eigenvalue weighted by Gasteiger charge is -2.36. The zero-order valence-corrected chi connectivity index (χ0v) is 39.3. The molecule has 0 saturated carbocycles. The second-order valence-corrected chi connectivity index (χ2v) is 21.5. The number of piperidine rings is 1. The van der Waals surface area contributed by atoms with Crippen LogP contribution < -0.4 is 19.7 Å². The Balaban J connectivity index is 0.918. The van der Waals surface area contributed by atoms with Gasteiger partial charge < -0.3 is 15.1 Å². The molecule has 12 nitrogen and oxygen atoms in total. The van der Waals surface area contributed by atoms with Crippen LogP contribution in [0.2, 0.25) is 5.02 Å². The molecule has 2 fully saturated rings. The van der Waals surface area contributed by atoms with Crippen molar-refractivity contribution in [2.45, 2.75) is 48.6 Å². The number of rotatable bonds is 17. The van der Waals surface area contributed by atoms with Gasteiger partial charge in [-0.2, -0.15) is 0 Å². The molecule has 5 aromatic rings. The first-order valence-electron chi connectivity index (χ1n) is 21.5. The van der Waals surface area contributed by atoms with Crippen LogP contribution in [0.5, 0.6) is 0 Å². The van der Waals surface area contributed by atoms with Crippen molar-refractivity contribution in [3.8, 4) is 11.1 Å². The van der Waals surface area contributed by atoms with E-state index < -0.39 is 31.9 Å². The highest BCUT2D eigenvalue weighted by Crippen LogP contribution is 2.29. The zero-order valence-electron chi connectivity index (χ0n) is 36.1. The maximum atomic E-state index is 13.5. The predicted octanol–water partition coefficient (Wildman–Crippen LogP) is 7.51. The molecule has 16 heteroatoms. The Labute approximate surface area is 386 Å². The first-order valence-corrected chi connectivity index (χ1v) is 26.2. The lowest BCUT2D eigenvalue weighted by molar-refractivity contribution is -0.124. The van der Waals surface area contributed by atoms with Gasteiger partial charge in [-0.05, 0) is 128 Å². The van der Waals surface area contributed by atoms with Gasteiger partial charge in [-0.1, -0.05) is 66.2 Å². The van der Waals surface area contributed by atoms with Crippen molar-refractivity contribution in [1.82, 2.24) is 19.2 Å². The van der Waals surface area contributed by atoms with Crippen LogP contribution in [0.1, 0.15) is 40.7 Å². The molecule has 2 saturated heterocycles. The summed E-state index contributed by atoms with van der Waals surface area (Å²) in [5, 5.41) is 4.35. The maximum Gasteiger partial charge on any atom is 0.264 e. The number of piperazine rings is 1. The summed E-state index contributed by atoms with van der Waals surface area (Å²) in [5.41, 5.74) is 6.33. The molecule has 0 aliphatic carbocycles. The highest BCUT2D eigenvalue weighted by atomic mass is 35.5. The number of nitrogens with one attached hydrogen (secondary N) is 3. The Morgan fingerprint density at radius 3 is 2.11 bits per heavy atom. The molecule has 2 amide bonds. The highest BCUT2D eigenvalue weighted by molar-refractivity contribution is 7.99. The number of carbonyl (C=O) groups excluding carboxylic acids is 2. The summed E-state index contributed by atoms with van der Waals surface area (Å²) in [6, 6.07) is 38.4. The number of aryl methyl sites for hydroxylation is 1. The molecule has 0 radical (unpaired) electrons. The summed E-state index contributed by atoms with van der Waals surface area (Å²) < 4.78 is 54.5. The second-order valence-electron chi connectivity index (χ2n) is 16.5. The molecule has 338 valence electrons. The van der Waals surface area contributed by atoms with Gasteiger partial charge in [0, 0.05) is 83.8 Å². The van der Waals surface area contributed by atoms with Crippen molar-refractivity contribution in [3.05, 3.63) is 143 Å². The van der Waals surface area contributed by atoms with Gasteiger partial charge in [-0.3, -0.25) is 19.2 Å². The van der Waals surface area contributed by atoms with Crippen LogP contribution in [0.3, 0.4) is 0 Å². The number of hydrogen-bond donors (Lipinski definition) is 3. The Morgan fingerprint density at radius 2 is 1.44 bits per heavy atom. The van der Waals surface area contributed by atoms with E-state index in [-0.39, 0.29) is 22.4 Å². The maximum absolute atomic E-state index is 13.5. The van der Waals surface area contributed by atoms with Gasteiger partial charge in [-0.15, -0.1) is 11.8 Å². The molecule has 0 spiro atoms. The van der Waals surface area contributed by atoms with E-state index in [1.807, 2.05) is 49.4 Å². The number of hydrogen-bond acceptors (Lipinski definition) is 11. The summed E-state index contributed by atoms with van der Waals surface area (Å²) in [4.78, 5) is 33.8. The fourth-order valence-corrected chi connectivity index (χ4v) is 10.9. The van der Waals surface area contributed by atoms with E-state index in [0.29, 0.717) is 31.0 Å². The standard InChI is InChI=1S/C48H55ClN6O6S3/c1-35-32-44(20-21-46(35)50-41(34-62-43-9-4-3-5-10-43)24-27-53-25-22-38(23-26-53)47(56)51-63(2,58)59)64(60,61)52-48(57)37-14-18-42(19-15-37)55-30-28-54(29-31-55)33-39-8-6-7-11-45(39)36-12-16-40(49)17-13-36/h3-21,32,38,41,50H,22-31,33-34H2,1-2H3,(H,51,56)(H,52,57)/t41-/m1/s1. The zero-order chi connectivity index (χ0) is 45.3. The van der Waals surface area contributed by atoms with E-state index >= 15 is 0 Å². The van der Waals surface area contributed by atoms with Gasteiger partial charge in [0.15, 0.2) is 0 Å². The molecule has 3 N–H and O–H groups in total. The van der Waals surface area contributed by atoms with Gasteiger partial charge in [0.1, 0.15) is 0 Å². The normalized spacial score (nSPS) is 16.0. The van der Waals surface area contributed by atoms with Gasteiger partial charge in [0.25, 0.3) is 15.9 Å². The van der Waals surface area contributed by atoms with E-state index in [4.69, 9.17) is 11.6 Å². The minimum absolute atomic E-state index is 0.00725. The molecule has 0 aromatic heterocycles. The minimum atomic E-state index is -4.17. The Hall–Kier alpha value is -4.90. The van der Waals surface area contributed by atoms with Crippen molar-refractivity contribution in [3.63, 3.8) is 0 Å². The van der Waals surface area contributed by atoms with Crippen molar-refractivity contribution in [2.75, 3.05) is 68.0 Å². The number of anilines is 2. The summed E-state index contributed by atoms with van der Waals surface area (Å²) in [7, 11) is -7.77. The van der Waals surface area contributed by atoms with E-state index in [1.54, 1.807) is 36.0 Å². The van der Waals surface area contributed by atoms with Crippen molar-refractivity contribution in [2.24, 2.45) is 5.92 Å². The first kappa shape index (κ1) is 47.1. The van der Waals surface area contributed by atoms with Gasteiger partial charge >= 0.3 is 0 Å². The van der Waals surface area contributed by atoms with Crippen LogP contribution in [0.25, 0.3) is 11.1 Å². The monoisotopic (exact) mass is 942 g/mol. The van der Waals surface area contributed by atoms with Crippen LogP contribution in [0, 0.1) is 12.8 Å². The fraction of sp³-hybridized carbons (Fsp3) is 0.333. The van der Waals surface area contributed by atoms with Gasteiger partial charge in [-0.25, -0.2) is 21.6 Å². The van der Waals surface area contributed by atoms with Crippen molar-refractivity contribution < 1.29 is 26.4 Å². The van der Waals surface area contributed by atoms with Crippen molar-refractivity contribution in [1.29, 1.82) is 0 Å². The Kier molecular flexibility index (Phi) is 15.7. The molecule has 64 heavy (non-hydrogen) atoms. The third kappa shape index (κ3) is 13.1. The number of sulfonamides is 2. The van der Waals surface area contributed by atoms with Crippen LogP contribution in [0.15, 0.2) is 131 Å². The third-order valence-electron chi connectivity index (χ3n) is 11.8. The van der Waals surface area contributed by atoms with E-state index in [0.717, 1.165) is 85.1 Å². The molecule has 2 aliphatic rings. The average Bonchev–Trinajstić information content (AvgIpc) is 3.28. The first-order chi connectivity index (χ1) is 30.7. The summed E-state index contributed by atoms with van der Waals surface area (Å²) in [5.74, 6) is -0.727. The number of benzene rings is 5. The van der Waals surface area contributed by atoms with E-state index in [1.165, 1.54) is 17.2 Å². The smallest absolute Gasteiger partial charge is 0.264 e.